The zero-order valence-corrected chi connectivity index (χ0v) is 11.6. The van der Waals surface area contributed by atoms with E-state index in [0.717, 1.165) is 12.1 Å². The van der Waals surface area contributed by atoms with Gasteiger partial charge in [0.15, 0.2) is 0 Å². The first-order valence-corrected chi connectivity index (χ1v) is 6.69. The maximum atomic E-state index is 11.8. The van der Waals surface area contributed by atoms with E-state index in [0.29, 0.717) is 11.6 Å². The SMILES string of the molecule is CC(C)C(=O)Nc1cccc(NC(=O)[C@@H]2C[C@@H]2C)c1. The third kappa shape index (κ3) is 3.56. The van der Waals surface area contributed by atoms with Gasteiger partial charge in [-0.2, -0.15) is 0 Å². The zero-order valence-electron chi connectivity index (χ0n) is 11.6. The fourth-order valence-corrected chi connectivity index (χ4v) is 1.88. The highest BCUT2D eigenvalue weighted by Crippen LogP contribution is 2.38. The van der Waals surface area contributed by atoms with Crippen LogP contribution in [0.4, 0.5) is 11.4 Å². The number of hydrogen-bond acceptors (Lipinski definition) is 2. The highest BCUT2D eigenvalue weighted by molar-refractivity contribution is 5.96. The molecule has 0 radical (unpaired) electrons. The van der Waals surface area contributed by atoms with Crippen molar-refractivity contribution in [1.82, 2.24) is 0 Å². The first kappa shape index (κ1) is 13.6. The van der Waals surface area contributed by atoms with Crippen LogP contribution in [0, 0.1) is 17.8 Å². The van der Waals surface area contributed by atoms with Crippen LogP contribution in [0.3, 0.4) is 0 Å². The summed E-state index contributed by atoms with van der Waals surface area (Å²) in [6, 6.07) is 7.25. The molecule has 19 heavy (non-hydrogen) atoms. The monoisotopic (exact) mass is 260 g/mol. The average molecular weight is 260 g/mol. The van der Waals surface area contributed by atoms with Gasteiger partial charge in [0.05, 0.1) is 0 Å². The minimum atomic E-state index is -0.0643. The van der Waals surface area contributed by atoms with Crippen LogP contribution in [0.2, 0.25) is 0 Å². The van der Waals surface area contributed by atoms with E-state index in [4.69, 9.17) is 0 Å². The van der Waals surface area contributed by atoms with E-state index in [1.165, 1.54) is 0 Å². The van der Waals surface area contributed by atoms with Crippen LogP contribution in [-0.2, 0) is 9.59 Å². The minimum absolute atomic E-state index is 0.0284. The number of amides is 2. The molecule has 0 aliphatic heterocycles. The van der Waals surface area contributed by atoms with Crippen molar-refractivity contribution in [1.29, 1.82) is 0 Å². The van der Waals surface area contributed by atoms with Gasteiger partial charge in [-0.3, -0.25) is 9.59 Å². The minimum Gasteiger partial charge on any atom is -0.326 e. The predicted octanol–water partition coefficient (Wildman–Crippen LogP) is 2.88. The maximum Gasteiger partial charge on any atom is 0.227 e. The molecule has 2 amide bonds. The Labute approximate surface area is 113 Å². The van der Waals surface area contributed by atoms with E-state index in [-0.39, 0.29) is 23.7 Å². The van der Waals surface area contributed by atoms with Gasteiger partial charge >= 0.3 is 0 Å². The lowest BCUT2D eigenvalue weighted by molar-refractivity contribution is -0.119. The van der Waals surface area contributed by atoms with Crippen LogP contribution in [0.5, 0.6) is 0 Å². The summed E-state index contributed by atoms with van der Waals surface area (Å²) in [5.74, 6) is 0.613. The molecule has 1 aromatic rings. The van der Waals surface area contributed by atoms with E-state index < -0.39 is 0 Å². The smallest absolute Gasteiger partial charge is 0.227 e. The molecule has 2 N–H and O–H groups in total. The van der Waals surface area contributed by atoms with Gasteiger partial charge < -0.3 is 10.6 Å². The number of rotatable bonds is 4. The summed E-state index contributed by atoms with van der Waals surface area (Å²) in [4.78, 5) is 23.4. The Morgan fingerprint density at radius 3 is 2.32 bits per heavy atom. The fraction of sp³-hybridized carbons (Fsp3) is 0.467. The van der Waals surface area contributed by atoms with Crippen LogP contribution in [0.25, 0.3) is 0 Å². The van der Waals surface area contributed by atoms with Crippen molar-refractivity contribution in [3.05, 3.63) is 24.3 Å². The molecule has 4 heteroatoms. The second-order valence-electron chi connectivity index (χ2n) is 5.53. The molecule has 1 aliphatic rings. The van der Waals surface area contributed by atoms with Crippen LogP contribution in [-0.4, -0.2) is 11.8 Å². The molecule has 1 saturated carbocycles. The molecular formula is C15H20N2O2. The topological polar surface area (TPSA) is 58.2 Å². The maximum absolute atomic E-state index is 11.8. The average Bonchev–Trinajstić information content (AvgIpc) is 3.07. The van der Waals surface area contributed by atoms with Gasteiger partial charge in [-0.1, -0.05) is 26.8 Å². The molecule has 0 spiro atoms. The summed E-state index contributed by atoms with van der Waals surface area (Å²) in [7, 11) is 0. The van der Waals surface area contributed by atoms with Crippen LogP contribution < -0.4 is 10.6 Å². The lowest BCUT2D eigenvalue weighted by Gasteiger charge is -2.10. The first-order chi connectivity index (χ1) is 8.97. The van der Waals surface area contributed by atoms with Crippen LogP contribution in [0.15, 0.2) is 24.3 Å². The summed E-state index contributed by atoms with van der Waals surface area (Å²) in [5, 5.41) is 5.71. The molecule has 0 bridgehead atoms. The summed E-state index contributed by atoms with van der Waals surface area (Å²) < 4.78 is 0. The van der Waals surface area contributed by atoms with Gasteiger partial charge in [0.25, 0.3) is 0 Å². The molecule has 0 heterocycles. The summed E-state index contributed by atoms with van der Waals surface area (Å²) in [6.45, 7) is 5.76. The van der Waals surface area contributed by atoms with Crippen molar-refractivity contribution < 1.29 is 9.59 Å². The van der Waals surface area contributed by atoms with Crippen LogP contribution >= 0.6 is 0 Å². The van der Waals surface area contributed by atoms with Gasteiger partial charge in [0, 0.05) is 23.2 Å². The fourth-order valence-electron chi connectivity index (χ4n) is 1.88. The molecule has 2 atom stereocenters. The Kier molecular flexibility index (Phi) is 3.88. The van der Waals surface area contributed by atoms with Crippen molar-refractivity contribution >= 4 is 23.2 Å². The Morgan fingerprint density at radius 1 is 1.21 bits per heavy atom. The highest BCUT2D eigenvalue weighted by Gasteiger charge is 2.39. The number of benzene rings is 1. The van der Waals surface area contributed by atoms with Crippen molar-refractivity contribution in [2.24, 2.45) is 17.8 Å². The first-order valence-electron chi connectivity index (χ1n) is 6.69. The zero-order chi connectivity index (χ0) is 14.0. The second kappa shape index (κ2) is 5.43. The quantitative estimate of drug-likeness (QED) is 0.874. The lowest BCUT2D eigenvalue weighted by atomic mass is 10.2. The van der Waals surface area contributed by atoms with Crippen molar-refractivity contribution in [3.8, 4) is 0 Å². The molecular weight excluding hydrogens is 240 g/mol. The Hall–Kier alpha value is -1.84. The normalized spacial score (nSPS) is 21.1. The Bertz CT molecular complexity index is 497. The molecule has 2 rings (SSSR count). The van der Waals surface area contributed by atoms with Gasteiger partial charge in [0.2, 0.25) is 11.8 Å². The van der Waals surface area contributed by atoms with Gasteiger partial charge in [-0.15, -0.1) is 0 Å². The third-order valence-corrected chi connectivity index (χ3v) is 3.37. The summed E-state index contributed by atoms with van der Waals surface area (Å²) in [6.07, 6.45) is 0.968. The number of carbonyl (C=O) groups is 2. The van der Waals surface area contributed by atoms with E-state index in [2.05, 4.69) is 17.6 Å². The Balaban J connectivity index is 1.99. The Morgan fingerprint density at radius 2 is 1.79 bits per heavy atom. The molecule has 0 saturated heterocycles. The number of nitrogens with one attached hydrogen (secondary N) is 2. The van der Waals surface area contributed by atoms with Crippen molar-refractivity contribution in [3.63, 3.8) is 0 Å². The molecule has 1 fully saturated rings. The van der Waals surface area contributed by atoms with Gasteiger partial charge in [0.1, 0.15) is 0 Å². The molecule has 1 aromatic carbocycles. The molecule has 0 unspecified atom stereocenters. The van der Waals surface area contributed by atoms with Gasteiger partial charge in [-0.25, -0.2) is 0 Å². The molecule has 0 aromatic heterocycles. The van der Waals surface area contributed by atoms with E-state index >= 15 is 0 Å². The number of carbonyl (C=O) groups excluding carboxylic acids is 2. The van der Waals surface area contributed by atoms with Gasteiger partial charge in [-0.05, 0) is 30.5 Å². The molecule has 1 aliphatic carbocycles. The number of hydrogen-bond donors (Lipinski definition) is 2. The second-order valence-corrected chi connectivity index (χ2v) is 5.53. The van der Waals surface area contributed by atoms with Crippen molar-refractivity contribution in [2.45, 2.75) is 27.2 Å². The molecule has 4 nitrogen and oxygen atoms in total. The lowest BCUT2D eigenvalue weighted by Crippen LogP contribution is -2.18. The summed E-state index contributed by atoms with van der Waals surface area (Å²) in [5.41, 5.74) is 1.44. The van der Waals surface area contributed by atoms with E-state index in [1.54, 1.807) is 6.07 Å². The third-order valence-electron chi connectivity index (χ3n) is 3.37. The van der Waals surface area contributed by atoms with E-state index in [9.17, 15) is 9.59 Å². The number of anilines is 2. The predicted molar refractivity (Wildman–Crippen MR) is 75.8 cm³/mol. The van der Waals surface area contributed by atoms with Crippen molar-refractivity contribution in [2.75, 3.05) is 10.6 Å². The highest BCUT2D eigenvalue weighted by atomic mass is 16.2. The standard InChI is InChI=1S/C15H20N2O2/c1-9(2)14(18)16-11-5-4-6-12(8-11)17-15(19)13-7-10(13)3/h4-6,8-10,13H,7H2,1-3H3,(H,16,18)(H,17,19)/t10-,13+/m0/s1. The largest absolute Gasteiger partial charge is 0.326 e. The van der Waals surface area contributed by atoms with Crippen LogP contribution in [0.1, 0.15) is 27.2 Å². The summed E-state index contributed by atoms with van der Waals surface area (Å²) >= 11 is 0. The van der Waals surface area contributed by atoms with E-state index in [1.807, 2.05) is 32.0 Å². The molecule has 102 valence electrons.